The Hall–Kier alpha value is -0.640. The van der Waals surface area contributed by atoms with E-state index in [0.29, 0.717) is 0 Å². The van der Waals surface area contributed by atoms with Crippen molar-refractivity contribution < 1.29 is 0 Å². The van der Waals surface area contributed by atoms with E-state index in [1.165, 1.54) is 57.6 Å². The maximum absolute atomic E-state index is 3.59. The van der Waals surface area contributed by atoms with Gasteiger partial charge in [-0.1, -0.05) is 23.3 Å². The van der Waals surface area contributed by atoms with Gasteiger partial charge in [-0.05, 0) is 46.3 Å². The van der Waals surface area contributed by atoms with Gasteiger partial charge in [0.2, 0.25) is 0 Å². The van der Waals surface area contributed by atoms with Crippen LogP contribution in [-0.4, -0.2) is 62.7 Å². The molecule has 1 aliphatic heterocycles. The van der Waals surface area contributed by atoms with Crippen molar-refractivity contribution in [2.24, 2.45) is 0 Å². The molecule has 0 radical (unpaired) electrons. The number of hydrogen-bond donors (Lipinski definition) is 1. The van der Waals surface area contributed by atoms with Gasteiger partial charge in [0.25, 0.3) is 0 Å². The molecule has 0 amide bonds. The molecule has 1 fully saturated rings. The lowest BCUT2D eigenvalue weighted by atomic mass is 10.0. The van der Waals surface area contributed by atoms with Gasteiger partial charge in [-0.3, -0.25) is 0 Å². The average Bonchev–Trinajstić information content (AvgIpc) is 2.41. The van der Waals surface area contributed by atoms with Crippen LogP contribution in [0.5, 0.6) is 0 Å². The molecule has 0 saturated carbocycles. The van der Waals surface area contributed by atoms with Gasteiger partial charge < -0.3 is 15.1 Å². The molecule has 0 aromatic heterocycles. The molecule has 1 aliphatic carbocycles. The predicted molar refractivity (Wildman–Crippen MR) is 82.5 cm³/mol. The minimum Gasteiger partial charge on any atom is -0.313 e. The Balaban J connectivity index is 1.52. The molecule has 0 atom stereocenters. The van der Waals surface area contributed by atoms with E-state index in [1.807, 2.05) is 0 Å². The summed E-state index contributed by atoms with van der Waals surface area (Å²) in [5.41, 5.74) is 3.00. The van der Waals surface area contributed by atoms with Gasteiger partial charge in [0.15, 0.2) is 0 Å². The molecule has 0 spiro atoms. The third-order valence-corrected chi connectivity index (χ3v) is 4.14. The summed E-state index contributed by atoms with van der Waals surface area (Å²) in [5.74, 6) is 0. The zero-order valence-corrected chi connectivity index (χ0v) is 12.6. The van der Waals surface area contributed by atoms with E-state index < -0.39 is 0 Å². The number of nitrogens with one attached hydrogen (secondary N) is 1. The minimum atomic E-state index is 1.08. The molecule has 1 saturated heterocycles. The average molecular weight is 263 g/mol. The van der Waals surface area contributed by atoms with Crippen molar-refractivity contribution in [1.82, 2.24) is 15.1 Å². The summed E-state index contributed by atoms with van der Waals surface area (Å²) >= 11 is 0. The largest absolute Gasteiger partial charge is 0.313 e. The van der Waals surface area contributed by atoms with Gasteiger partial charge in [0.05, 0.1) is 0 Å². The minimum absolute atomic E-state index is 1.08. The first-order chi connectivity index (χ1) is 9.24. The molecule has 3 heteroatoms. The maximum Gasteiger partial charge on any atom is 0.0167 e. The smallest absolute Gasteiger partial charge is 0.0167 e. The first kappa shape index (κ1) is 14.8. The Kier molecular flexibility index (Phi) is 6.08. The molecule has 0 unspecified atom stereocenters. The summed E-state index contributed by atoms with van der Waals surface area (Å²) in [6.45, 7) is 10.6. The molecule has 19 heavy (non-hydrogen) atoms. The molecule has 0 aromatic carbocycles. The second kappa shape index (κ2) is 7.83. The highest BCUT2D eigenvalue weighted by Crippen LogP contribution is 2.15. The lowest BCUT2D eigenvalue weighted by Crippen LogP contribution is -2.45. The first-order valence-corrected chi connectivity index (χ1v) is 7.72. The molecule has 1 N–H and O–H groups in total. The second-order valence-electron chi connectivity index (χ2n) is 5.96. The van der Waals surface area contributed by atoms with Gasteiger partial charge in [0, 0.05) is 32.7 Å². The van der Waals surface area contributed by atoms with Crippen LogP contribution < -0.4 is 5.32 Å². The highest BCUT2D eigenvalue weighted by molar-refractivity contribution is 5.26. The molecular weight excluding hydrogens is 234 g/mol. The van der Waals surface area contributed by atoms with E-state index in [-0.39, 0.29) is 0 Å². The summed E-state index contributed by atoms with van der Waals surface area (Å²) in [6.07, 6.45) is 8.41. The quantitative estimate of drug-likeness (QED) is 0.738. The standard InChI is InChI=1S/C16H29N3/c1-15-5-3-6-16(13-15)14-17-7-4-8-19-11-9-18(2)10-12-19/h5,13,17H,3-4,6-12,14H2,1-2H3. The van der Waals surface area contributed by atoms with Crippen molar-refractivity contribution in [3.05, 3.63) is 23.3 Å². The summed E-state index contributed by atoms with van der Waals surface area (Å²) in [5, 5.41) is 3.59. The molecule has 0 bridgehead atoms. The molecule has 0 aromatic rings. The van der Waals surface area contributed by atoms with E-state index in [4.69, 9.17) is 0 Å². The molecule has 2 rings (SSSR count). The van der Waals surface area contributed by atoms with Crippen molar-refractivity contribution >= 4 is 0 Å². The fourth-order valence-corrected chi connectivity index (χ4v) is 2.83. The Labute approximate surface area is 118 Å². The zero-order chi connectivity index (χ0) is 13.5. The van der Waals surface area contributed by atoms with Crippen LogP contribution in [0.25, 0.3) is 0 Å². The van der Waals surface area contributed by atoms with Crippen molar-refractivity contribution in [2.75, 3.05) is 52.9 Å². The zero-order valence-electron chi connectivity index (χ0n) is 12.6. The number of likely N-dealkylation sites (N-methyl/N-ethyl adjacent to an activating group) is 1. The molecular formula is C16H29N3. The van der Waals surface area contributed by atoms with E-state index in [2.05, 4.69) is 41.2 Å². The summed E-state index contributed by atoms with van der Waals surface area (Å²) in [6, 6.07) is 0. The lowest BCUT2D eigenvalue weighted by molar-refractivity contribution is 0.153. The van der Waals surface area contributed by atoms with Crippen LogP contribution in [0.2, 0.25) is 0 Å². The van der Waals surface area contributed by atoms with Crippen molar-refractivity contribution in [3.63, 3.8) is 0 Å². The number of piperazine rings is 1. The normalized spacial score (nSPS) is 22.2. The van der Waals surface area contributed by atoms with Crippen LogP contribution in [0.15, 0.2) is 23.3 Å². The topological polar surface area (TPSA) is 18.5 Å². The Bertz CT molecular complexity index is 325. The fraction of sp³-hybridized carbons (Fsp3) is 0.750. The van der Waals surface area contributed by atoms with E-state index in [0.717, 1.165) is 13.1 Å². The molecule has 1 heterocycles. The number of allylic oxidation sites excluding steroid dienone is 3. The number of nitrogens with zero attached hydrogens (tertiary/aromatic N) is 2. The maximum atomic E-state index is 3.59. The van der Waals surface area contributed by atoms with Gasteiger partial charge in [-0.2, -0.15) is 0 Å². The number of rotatable bonds is 6. The Morgan fingerprint density at radius 2 is 2.00 bits per heavy atom. The summed E-state index contributed by atoms with van der Waals surface area (Å²) < 4.78 is 0. The SMILES string of the molecule is CC1=CCCC(CNCCCN2CCN(C)CC2)=C1. The summed E-state index contributed by atoms with van der Waals surface area (Å²) in [7, 11) is 2.22. The molecule has 2 aliphatic rings. The molecule has 3 nitrogen and oxygen atoms in total. The van der Waals surface area contributed by atoms with Crippen LogP contribution in [-0.2, 0) is 0 Å². The first-order valence-electron chi connectivity index (χ1n) is 7.72. The third-order valence-electron chi connectivity index (χ3n) is 4.14. The predicted octanol–water partition coefficient (Wildman–Crippen LogP) is 1.88. The Morgan fingerprint density at radius 3 is 2.74 bits per heavy atom. The summed E-state index contributed by atoms with van der Waals surface area (Å²) in [4.78, 5) is 5.01. The lowest BCUT2D eigenvalue weighted by Gasteiger charge is -2.32. The van der Waals surface area contributed by atoms with Crippen molar-refractivity contribution in [2.45, 2.75) is 26.2 Å². The van der Waals surface area contributed by atoms with Gasteiger partial charge in [-0.15, -0.1) is 0 Å². The van der Waals surface area contributed by atoms with Crippen LogP contribution in [0.1, 0.15) is 26.2 Å². The highest BCUT2D eigenvalue weighted by atomic mass is 15.2. The van der Waals surface area contributed by atoms with Crippen molar-refractivity contribution in [1.29, 1.82) is 0 Å². The van der Waals surface area contributed by atoms with Gasteiger partial charge >= 0.3 is 0 Å². The fourth-order valence-electron chi connectivity index (χ4n) is 2.83. The second-order valence-corrected chi connectivity index (χ2v) is 5.96. The highest BCUT2D eigenvalue weighted by Gasteiger charge is 2.12. The van der Waals surface area contributed by atoms with Crippen LogP contribution in [0.4, 0.5) is 0 Å². The van der Waals surface area contributed by atoms with E-state index in [1.54, 1.807) is 5.57 Å². The van der Waals surface area contributed by atoms with Crippen LogP contribution >= 0.6 is 0 Å². The monoisotopic (exact) mass is 263 g/mol. The van der Waals surface area contributed by atoms with Crippen molar-refractivity contribution in [3.8, 4) is 0 Å². The molecule has 108 valence electrons. The van der Waals surface area contributed by atoms with Crippen LogP contribution in [0.3, 0.4) is 0 Å². The Morgan fingerprint density at radius 1 is 1.21 bits per heavy atom. The third kappa shape index (κ3) is 5.47. The van der Waals surface area contributed by atoms with Crippen LogP contribution in [0, 0.1) is 0 Å². The van der Waals surface area contributed by atoms with E-state index >= 15 is 0 Å². The van der Waals surface area contributed by atoms with Gasteiger partial charge in [0.1, 0.15) is 0 Å². The number of hydrogen-bond acceptors (Lipinski definition) is 3. The van der Waals surface area contributed by atoms with Gasteiger partial charge in [-0.25, -0.2) is 0 Å². The van der Waals surface area contributed by atoms with E-state index in [9.17, 15) is 0 Å².